The zero-order valence-corrected chi connectivity index (χ0v) is 16.3. The molecular weight excluding hydrogens is 372 g/mol. The highest BCUT2D eigenvalue weighted by molar-refractivity contribution is 7.10. The minimum Gasteiger partial charge on any atom is -0.507 e. The van der Waals surface area contributed by atoms with E-state index in [1.54, 1.807) is 47.7 Å². The number of hydrogen-bond acceptors (Lipinski definition) is 4. The van der Waals surface area contributed by atoms with Gasteiger partial charge in [-0.05, 0) is 60.2 Å². The van der Waals surface area contributed by atoms with E-state index >= 15 is 0 Å². The van der Waals surface area contributed by atoms with E-state index in [1.807, 2.05) is 11.8 Å². The molecule has 5 nitrogen and oxygen atoms in total. The van der Waals surface area contributed by atoms with E-state index in [0.717, 1.165) is 6.42 Å². The van der Waals surface area contributed by atoms with Crippen LogP contribution in [0.15, 0.2) is 53.9 Å². The number of fused-ring (bicyclic) bond motifs is 1. The molecule has 0 bridgehead atoms. The van der Waals surface area contributed by atoms with Crippen LogP contribution in [-0.4, -0.2) is 28.4 Å². The Morgan fingerprint density at radius 2 is 1.86 bits per heavy atom. The quantitative estimate of drug-likeness (QED) is 0.701. The number of benzene rings is 2. The van der Waals surface area contributed by atoms with Crippen molar-refractivity contribution in [2.45, 2.75) is 19.9 Å². The number of phenols is 1. The molecule has 1 aliphatic rings. The molecule has 4 rings (SSSR count). The second kappa shape index (κ2) is 7.48. The number of carbonyl (C=O) groups excluding carboxylic acids is 2. The Balaban J connectivity index is 1.56. The minimum atomic E-state index is -0.410. The number of nitrogens with zero attached hydrogens (tertiary/aromatic N) is 1. The Morgan fingerprint density at radius 3 is 2.68 bits per heavy atom. The van der Waals surface area contributed by atoms with Gasteiger partial charge in [-0.15, -0.1) is 11.3 Å². The number of amides is 2. The lowest BCUT2D eigenvalue weighted by atomic mass is 10.0. The zero-order valence-electron chi connectivity index (χ0n) is 15.4. The number of carbonyl (C=O) groups is 2. The monoisotopic (exact) mass is 392 g/mol. The van der Waals surface area contributed by atoms with Gasteiger partial charge in [0.25, 0.3) is 11.8 Å². The molecule has 0 fully saturated rings. The molecule has 0 unspecified atom stereocenters. The number of aromatic hydroxyl groups is 1. The summed E-state index contributed by atoms with van der Waals surface area (Å²) in [5, 5.41) is 14.8. The molecule has 28 heavy (non-hydrogen) atoms. The normalized spacial score (nSPS) is 13.1. The number of hydrogen-bond donors (Lipinski definition) is 2. The third-order valence-corrected chi connectivity index (χ3v) is 6.08. The van der Waals surface area contributed by atoms with Gasteiger partial charge in [0.2, 0.25) is 0 Å². The average Bonchev–Trinajstić information content (AvgIpc) is 3.17. The molecule has 3 aromatic rings. The average molecular weight is 392 g/mol. The third kappa shape index (κ3) is 3.39. The van der Waals surface area contributed by atoms with Crippen LogP contribution in [0.1, 0.15) is 36.7 Å². The first kappa shape index (κ1) is 18.3. The Hall–Kier alpha value is -3.12. The van der Waals surface area contributed by atoms with E-state index < -0.39 is 5.91 Å². The van der Waals surface area contributed by atoms with Crippen LogP contribution in [0.25, 0.3) is 0 Å². The zero-order chi connectivity index (χ0) is 19.7. The second-order valence-corrected chi connectivity index (χ2v) is 7.80. The highest BCUT2D eigenvalue weighted by atomic mass is 32.1. The number of para-hydroxylation sites is 1. The molecule has 6 heteroatoms. The second-order valence-electron chi connectivity index (χ2n) is 6.80. The van der Waals surface area contributed by atoms with Gasteiger partial charge in [0.1, 0.15) is 5.75 Å². The molecule has 0 saturated carbocycles. The van der Waals surface area contributed by atoms with Crippen molar-refractivity contribution >= 4 is 28.8 Å². The summed E-state index contributed by atoms with van der Waals surface area (Å²) in [6.07, 6.45) is 0.876. The molecule has 0 saturated heterocycles. The fraction of sp³-hybridized carbons (Fsp3) is 0.182. The Morgan fingerprint density at radius 1 is 1.07 bits per heavy atom. The van der Waals surface area contributed by atoms with Gasteiger partial charge in [-0.1, -0.05) is 18.2 Å². The van der Waals surface area contributed by atoms with Crippen molar-refractivity contribution in [2.24, 2.45) is 0 Å². The number of thiophene rings is 1. The standard InChI is InChI=1S/C22H20N2O3S/c1-14-16(22(27)24-11-9-20-15(13-24)10-12-28-20)6-4-7-18(14)23-21(26)17-5-2-3-8-19(17)25/h2-8,10,12,25H,9,11,13H2,1H3,(H,23,26). The minimum absolute atomic E-state index is 0.0343. The number of rotatable bonds is 3. The molecule has 0 radical (unpaired) electrons. The van der Waals surface area contributed by atoms with Crippen molar-refractivity contribution in [1.29, 1.82) is 0 Å². The van der Waals surface area contributed by atoms with Crippen LogP contribution in [0, 0.1) is 6.92 Å². The van der Waals surface area contributed by atoms with E-state index in [4.69, 9.17) is 0 Å². The van der Waals surface area contributed by atoms with Gasteiger partial charge in [0, 0.05) is 29.2 Å². The summed E-state index contributed by atoms with van der Waals surface area (Å²) in [6, 6.07) is 13.8. The fourth-order valence-electron chi connectivity index (χ4n) is 3.45. The van der Waals surface area contributed by atoms with Crippen molar-refractivity contribution in [3.8, 4) is 5.75 Å². The van der Waals surface area contributed by atoms with Crippen LogP contribution < -0.4 is 5.32 Å². The molecule has 1 aliphatic heterocycles. The molecular formula is C22H20N2O3S. The van der Waals surface area contributed by atoms with Crippen molar-refractivity contribution in [3.63, 3.8) is 0 Å². The Bertz CT molecular complexity index is 1060. The summed E-state index contributed by atoms with van der Waals surface area (Å²) in [6.45, 7) is 3.14. The van der Waals surface area contributed by atoms with Gasteiger partial charge < -0.3 is 15.3 Å². The highest BCUT2D eigenvalue weighted by Crippen LogP contribution is 2.27. The van der Waals surface area contributed by atoms with Gasteiger partial charge >= 0.3 is 0 Å². The first-order valence-corrected chi connectivity index (χ1v) is 9.96. The van der Waals surface area contributed by atoms with Crippen LogP contribution >= 0.6 is 11.3 Å². The predicted octanol–water partition coefficient (Wildman–Crippen LogP) is 4.21. The fourth-order valence-corrected chi connectivity index (χ4v) is 4.34. The maximum absolute atomic E-state index is 13.1. The van der Waals surface area contributed by atoms with Crippen LogP contribution in [0.5, 0.6) is 5.75 Å². The number of phenolic OH excluding ortho intramolecular Hbond substituents is 1. The topological polar surface area (TPSA) is 69.6 Å². The van der Waals surface area contributed by atoms with Gasteiger partial charge in [-0.3, -0.25) is 9.59 Å². The van der Waals surface area contributed by atoms with Crippen LogP contribution in [0.2, 0.25) is 0 Å². The smallest absolute Gasteiger partial charge is 0.259 e. The van der Waals surface area contributed by atoms with E-state index in [-0.39, 0.29) is 17.2 Å². The van der Waals surface area contributed by atoms with Crippen LogP contribution in [0.3, 0.4) is 0 Å². The SMILES string of the molecule is Cc1c(NC(=O)c2ccccc2O)cccc1C(=O)N1CCc2sccc2C1. The molecule has 0 atom stereocenters. The lowest BCUT2D eigenvalue weighted by Gasteiger charge is -2.28. The molecule has 0 aliphatic carbocycles. The first-order chi connectivity index (χ1) is 13.5. The van der Waals surface area contributed by atoms with Gasteiger partial charge in [-0.25, -0.2) is 0 Å². The summed E-state index contributed by atoms with van der Waals surface area (Å²) in [5.74, 6) is -0.524. The summed E-state index contributed by atoms with van der Waals surface area (Å²) < 4.78 is 0. The summed E-state index contributed by atoms with van der Waals surface area (Å²) in [4.78, 5) is 28.8. The summed E-state index contributed by atoms with van der Waals surface area (Å²) in [5.41, 5.74) is 3.26. The van der Waals surface area contributed by atoms with Crippen LogP contribution in [-0.2, 0) is 13.0 Å². The largest absolute Gasteiger partial charge is 0.507 e. The third-order valence-electron chi connectivity index (χ3n) is 5.06. The van der Waals surface area contributed by atoms with Crippen molar-refractivity contribution in [2.75, 3.05) is 11.9 Å². The van der Waals surface area contributed by atoms with E-state index in [2.05, 4.69) is 16.8 Å². The van der Waals surface area contributed by atoms with E-state index in [9.17, 15) is 14.7 Å². The lowest BCUT2D eigenvalue weighted by Crippen LogP contribution is -2.35. The highest BCUT2D eigenvalue weighted by Gasteiger charge is 2.24. The lowest BCUT2D eigenvalue weighted by molar-refractivity contribution is 0.0735. The van der Waals surface area contributed by atoms with Crippen molar-refractivity contribution < 1.29 is 14.7 Å². The number of anilines is 1. The van der Waals surface area contributed by atoms with E-state index in [0.29, 0.717) is 29.9 Å². The van der Waals surface area contributed by atoms with Crippen molar-refractivity contribution in [3.05, 3.63) is 81.0 Å². The van der Waals surface area contributed by atoms with E-state index in [1.165, 1.54) is 16.5 Å². The van der Waals surface area contributed by atoms with Gasteiger partial charge in [-0.2, -0.15) is 0 Å². The van der Waals surface area contributed by atoms with Gasteiger partial charge in [0.15, 0.2) is 0 Å². The Labute approximate surface area is 167 Å². The maximum Gasteiger partial charge on any atom is 0.259 e. The molecule has 2 N–H and O–H groups in total. The summed E-state index contributed by atoms with van der Waals surface area (Å²) >= 11 is 1.74. The van der Waals surface area contributed by atoms with Crippen molar-refractivity contribution in [1.82, 2.24) is 4.90 Å². The predicted molar refractivity (Wildman–Crippen MR) is 110 cm³/mol. The molecule has 142 valence electrons. The molecule has 1 aromatic heterocycles. The van der Waals surface area contributed by atoms with Crippen LogP contribution in [0.4, 0.5) is 5.69 Å². The Kier molecular flexibility index (Phi) is 4.88. The molecule has 2 amide bonds. The van der Waals surface area contributed by atoms with Gasteiger partial charge in [0.05, 0.1) is 5.56 Å². The molecule has 2 heterocycles. The molecule has 0 spiro atoms. The maximum atomic E-state index is 13.1. The summed E-state index contributed by atoms with van der Waals surface area (Å²) in [7, 11) is 0. The number of nitrogens with one attached hydrogen (secondary N) is 1. The first-order valence-electron chi connectivity index (χ1n) is 9.08. The molecule has 2 aromatic carbocycles.